The number of hydrogen-bond donors (Lipinski definition) is 1. The highest BCUT2D eigenvalue weighted by Gasteiger charge is 2.05. The Morgan fingerprint density at radius 3 is 2.50 bits per heavy atom. The molecule has 0 unspecified atom stereocenters. The van der Waals surface area contributed by atoms with Crippen molar-refractivity contribution < 1.29 is 8.78 Å². The molecule has 0 aliphatic rings. The van der Waals surface area contributed by atoms with E-state index in [-0.39, 0.29) is 5.69 Å². The van der Waals surface area contributed by atoms with Crippen molar-refractivity contribution in [2.75, 3.05) is 5.32 Å². The van der Waals surface area contributed by atoms with Crippen LogP contribution in [0.2, 0.25) is 0 Å². The molecule has 0 saturated carbocycles. The molecule has 0 aliphatic carbocycles. The topological polar surface area (TPSA) is 35.8 Å². The van der Waals surface area contributed by atoms with E-state index in [1.807, 2.05) is 6.07 Å². The summed E-state index contributed by atoms with van der Waals surface area (Å²) in [4.78, 5) is 0. The van der Waals surface area contributed by atoms with Gasteiger partial charge in [0.1, 0.15) is 17.7 Å². The molecule has 0 aromatic heterocycles. The Hall–Kier alpha value is -1.93. The number of rotatable bonds is 2. The summed E-state index contributed by atoms with van der Waals surface area (Å²) in [6.45, 7) is 0. The standard InChI is InChI=1S/C13H7BrF2N2/c14-11-6-10(3-1-8(11)7-17)18-13-4-2-9(15)5-12(13)16/h1-6,18H. The Bertz CT molecular complexity index is 635. The van der Waals surface area contributed by atoms with Crippen molar-refractivity contribution in [3.8, 4) is 6.07 Å². The zero-order chi connectivity index (χ0) is 13.1. The van der Waals surface area contributed by atoms with Gasteiger partial charge in [-0.1, -0.05) is 0 Å². The first-order valence-corrected chi connectivity index (χ1v) is 5.81. The van der Waals surface area contributed by atoms with Gasteiger partial charge in [-0.2, -0.15) is 5.26 Å². The van der Waals surface area contributed by atoms with Crippen LogP contribution in [0, 0.1) is 23.0 Å². The van der Waals surface area contributed by atoms with Crippen molar-refractivity contribution in [3.05, 3.63) is 58.1 Å². The lowest BCUT2D eigenvalue weighted by Gasteiger charge is -2.08. The number of nitrogens with one attached hydrogen (secondary N) is 1. The number of nitriles is 1. The van der Waals surface area contributed by atoms with Gasteiger partial charge in [0.05, 0.1) is 11.3 Å². The Balaban J connectivity index is 2.29. The average molecular weight is 309 g/mol. The molecule has 5 heteroatoms. The van der Waals surface area contributed by atoms with Gasteiger partial charge in [-0.05, 0) is 46.3 Å². The molecule has 18 heavy (non-hydrogen) atoms. The predicted molar refractivity (Wildman–Crippen MR) is 68.5 cm³/mol. The Morgan fingerprint density at radius 1 is 1.11 bits per heavy atom. The van der Waals surface area contributed by atoms with Crippen LogP contribution in [0.3, 0.4) is 0 Å². The molecule has 2 aromatic carbocycles. The first kappa shape index (κ1) is 12.5. The van der Waals surface area contributed by atoms with Gasteiger partial charge in [0.2, 0.25) is 0 Å². The van der Waals surface area contributed by atoms with Crippen LogP contribution in [-0.2, 0) is 0 Å². The van der Waals surface area contributed by atoms with Gasteiger partial charge >= 0.3 is 0 Å². The van der Waals surface area contributed by atoms with E-state index in [4.69, 9.17) is 5.26 Å². The van der Waals surface area contributed by atoms with Crippen LogP contribution in [-0.4, -0.2) is 0 Å². The minimum Gasteiger partial charge on any atom is -0.353 e. The summed E-state index contributed by atoms with van der Waals surface area (Å²) in [6, 6.07) is 10.2. The number of anilines is 2. The molecular weight excluding hydrogens is 302 g/mol. The lowest BCUT2D eigenvalue weighted by atomic mass is 10.2. The maximum atomic E-state index is 13.4. The molecule has 2 nitrogen and oxygen atoms in total. The normalized spacial score (nSPS) is 9.89. The van der Waals surface area contributed by atoms with Gasteiger partial charge in [-0.3, -0.25) is 0 Å². The molecule has 0 aliphatic heterocycles. The van der Waals surface area contributed by atoms with E-state index in [2.05, 4.69) is 21.2 Å². The summed E-state index contributed by atoms with van der Waals surface area (Å²) in [5, 5.41) is 11.6. The average Bonchev–Trinajstić information content (AvgIpc) is 2.33. The summed E-state index contributed by atoms with van der Waals surface area (Å²) >= 11 is 3.23. The van der Waals surface area contributed by atoms with E-state index in [1.165, 1.54) is 12.1 Å². The first-order valence-electron chi connectivity index (χ1n) is 5.02. The molecule has 1 N–H and O–H groups in total. The van der Waals surface area contributed by atoms with Gasteiger partial charge in [0, 0.05) is 16.2 Å². The second kappa shape index (κ2) is 5.15. The number of nitrogens with zero attached hydrogens (tertiary/aromatic N) is 1. The molecule has 0 atom stereocenters. The van der Waals surface area contributed by atoms with Crippen molar-refractivity contribution in [2.45, 2.75) is 0 Å². The second-order valence-electron chi connectivity index (χ2n) is 3.56. The molecule has 2 aromatic rings. The molecule has 2 rings (SSSR count). The molecule has 0 radical (unpaired) electrons. The molecule has 0 bridgehead atoms. The highest BCUT2D eigenvalue weighted by molar-refractivity contribution is 9.10. The minimum atomic E-state index is -0.671. The highest BCUT2D eigenvalue weighted by Crippen LogP contribution is 2.25. The van der Waals surface area contributed by atoms with Crippen LogP contribution in [0.1, 0.15) is 5.56 Å². The van der Waals surface area contributed by atoms with Gasteiger partial charge < -0.3 is 5.32 Å². The lowest BCUT2D eigenvalue weighted by molar-refractivity contribution is 0.586. The zero-order valence-corrected chi connectivity index (χ0v) is 10.6. The Labute approximate surface area is 111 Å². The van der Waals surface area contributed by atoms with Crippen LogP contribution in [0.15, 0.2) is 40.9 Å². The smallest absolute Gasteiger partial charge is 0.149 e. The maximum Gasteiger partial charge on any atom is 0.149 e. The minimum absolute atomic E-state index is 0.174. The van der Waals surface area contributed by atoms with Crippen molar-refractivity contribution in [1.29, 1.82) is 5.26 Å². The third kappa shape index (κ3) is 2.66. The summed E-state index contributed by atoms with van der Waals surface area (Å²) in [5.74, 6) is -1.30. The molecular formula is C13H7BrF2N2. The van der Waals surface area contributed by atoms with Crippen molar-refractivity contribution in [2.24, 2.45) is 0 Å². The van der Waals surface area contributed by atoms with E-state index < -0.39 is 11.6 Å². The largest absolute Gasteiger partial charge is 0.353 e. The molecule has 90 valence electrons. The van der Waals surface area contributed by atoms with Gasteiger partial charge in [-0.25, -0.2) is 8.78 Å². The van der Waals surface area contributed by atoms with Crippen LogP contribution < -0.4 is 5.32 Å². The summed E-state index contributed by atoms with van der Waals surface area (Å²) in [5.41, 5.74) is 1.26. The van der Waals surface area contributed by atoms with Gasteiger partial charge in [0.25, 0.3) is 0 Å². The van der Waals surface area contributed by atoms with Gasteiger partial charge in [-0.15, -0.1) is 0 Å². The molecule has 0 saturated heterocycles. The van der Waals surface area contributed by atoms with Crippen LogP contribution >= 0.6 is 15.9 Å². The number of hydrogen-bond acceptors (Lipinski definition) is 2. The monoisotopic (exact) mass is 308 g/mol. The quantitative estimate of drug-likeness (QED) is 0.895. The van der Waals surface area contributed by atoms with Crippen LogP contribution in [0.5, 0.6) is 0 Å². The van der Waals surface area contributed by atoms with Crippen molar-refractivity contribution >= 4 is 27.3 Å². The van der Waals surface area contributed by atoms with Crippen LogP contribution in [0.25, 0.3) is 0 Å². The SMILES string of the molecule is N#Cc1ccc(Nc2ccc(F)cc2F)cc1Br. The van der Waals surface area contributed by atoms with E-state index in [1.54, 1.807) is 18.2 Å². The van der Waals surface area contributed by atoms with E-state index in [9.17, 15) is 8.78 Å². The maximum absolute atomic E-state index is 13.4. The number of halogens is 3. The van der Waals surface area contributed by atoms with E-state index in [0.29, 0.717) is 15.7 Å². The van der Waals surface area contributed by atoms with Crippen molar-refractivity contribution in [1.82, 2.24) is 0 Å². The summed E-state index contributed by atoms with van der Waals surface area (Å²) in [6.07, 6.45) is 0. The van der Waals surface area contributed by atoms with E-state index in [0.717, 1.165) is 6.07 Å². The molecule has 0 fully saturated rings. The number of benzene rings is 2. The van der Waals surface area contributed by atoms with Gasteiger partial charge in [0.15, 0.2) is 0 Å². The third-order valence-electron chi connectivity index (χ3n) is 2.30. The third-order valence-corrected chi connectivity index (χ3v) is 2.96. The second-order valence-corrected chi connectivity index (χ2v) is 4.41. The molecule has 0 amide bonds. The zero-order valence-electron chi connectivity index (χ0n) is 9.05. The fourth-order valence-electron chi connectivity index (χ4n) is 1.43. The highest BCUT2D eigenvalue weighted by atomic mass is 79.9. The van der Waals surface area contributed by atoms with Crippen molar-refractivity contribution in [3.63, 3.8) is 0 Å². The predicted octanol–water partition coefficient (Wildman–Crippen LogP) is 4.34. The fourth-order valence-corrected chi connectivity index (χ4v) is 1.90. The molecule has 0 heterocycles. The summed E-state index contributed by atoms with van der Waals surface area (Å²) in [7, 11) is 0. The Kier molecular flexibility index (Phi) is 3.58. The van der Waals surface area contributed by atoms with Crippen LogP contribution in [0.4, 0.5) is 20.2 Å². The lowest BCUT2D eigenvalue weighted by Crippen LogP contribution is -1.95. The first-order chi connectivity index (χ1) is 8.60. The fraction of sp³-hybridized carbons (Fsp3) is 0. The Morgan fingerprint density at radius 2 is 1.89 bits per heavy atom. The van der Waals surface area contributed by atoms with E-state index >= 15 is 0 Å². The summed E-state index contributed by atoms with van der Waals surface area (Å²) < 4.78 is 26.8. The molecule has 0 spiro atoms.